The summed E-state index contributed by atoms with van der Waals surface area (Å²) in [7, 11) is 0. The Morgan fingerprint density at radius 2 is 1.22 bits per heavy atom. The van der Waals surface area contributed by atoms with Crippen molar-refractivity contribution in [2.45, 2.75) is 4.90 Å². The molecule has 23 heavy (non-hydrogen) atoms. The number of thiol groups is 1. The number of rotatable bonds is 0. The predicted molar refractivity (Wildman–Crippen MR) is 98.9 cm³/mol. The third-order valence-corrected chi connectivity index (χ3v) is 4.08. The second kappa shape index (κ2) is 5.79. The van der Waals surface area contributed by atoms with Gasteiger partial charge in [0.2, 0.25) is 0 Å². The summed E-state index contributed by atoms with van der Waals surface area (Å²) in [6.45, 7) is 0. The molecule has 0 aliphatic rings. The Labute approximate surface area is 140 Å². The van der Waals surface area contributed by atoms with Gasteiger partial charge < -0.3 is 0 Å². The summed E-state index contributed by atoms with van der Waals surface area (Å²) in [5.74, 6) is 6.61. The number of pyridine rings is 1. The van der Waals surface area contributed by atoms with Crippen LogP contribution in [-0.4, -0.2) is 4.98 Å². The molecule has 3 aromatic carbocycles. The summed E-state index contributed by atoms with van der Waals surface area (Å²) >= 11 is 4.31. The first-order valence-electron chi connectivity index (χ1n) is 7.40. The lowest BCUT2D eigenvalue weighted by molar-refractivity contribution is 1.46. The smallest absolute Gasteiger partial charge is 0.0722 e. The zero-order valence-electron chi connectivity index (χ0n) is 12.3. The van der Waals surface area contributed by atoms with Gasteiger partial charge in [0.05, 0.1) is 11.0 Å². The lowest BCUT2D eigenvalue weighted by atomic mass is 10.0. The highest BCUT2D eigenvalue weighted by atomic mass is 32.1. The van der Waals surface area contributed by atoms with E-state index < -0.39 is 0 Å². The first-order valence-corrected chi connectivity index (χ1v) is 7.84. The van der Waals surface area contributed by atoms with Crippen LogP contribution in [0.4, 0.5) is 0 Å². The molecule has 108 valence electrons. The van der Waals surface area contributed by atoms with Gasteiger partial charge in [-0.25, -0.2) is 4.98 Å². The molecule has 0 bridgehead atoms. The minimum atomic E-state index is 0.940. The third kappa shape index (κ3) is 2.67. The summed E-state index contributed by atoms with van der Waals surface area (Å²) in [5.41, 5.74) is 3.95. The van der Waals surface area contributed by atoms with Gasteiger partial charge in [0.1, 0.15) is 0 Å². The van der Waals surface area contributed by atoms with E-state index in [2.05, 4.69) is 36.6 Å². The van der Waals surface area contributed by atoms with Crippen molar-refractivity contribution in [1.82, 2.24) is 4.98 Å². The minimum absolute atomic E-state index is 0.940. The molecule has 0 amide bonds. The molecule has 2 heteroatoms. The zero-order chi connectivity index (χ0) is 15.6. The maximum absolute atomic E-state index is 4.73. The maximum Gasteiger partial charge on any atom is 0.0722 e. The Bertz CT molecular complexity index is 1020. The normalized spacial score (nSPS) is 10.5. The van der Waals surface area contributed by atoms with E-state index in [0.717, 1.165) is 37.8 Å². The van der Waals surface area contributed by atoms with Crippen molar-refractivity contribution < 1.29 is 0 Å². The van der Waals surface area contributed by atoms with Gasteiger partial charge in [0, 0.05) is 26.8 Å². The molecular formula is C21H13NS. The zero-order valence-corrected chi connectivity index (χ0v) is 13.2. The molecule has 0 aliphatic heterocycles. The highest BCUT2D eigenvalue weighted by Gasteiger charge is 2.06. The van der Waals surface area contributed by atoms with Crippen molar-refractivity contribution in [1.29, 1.82) is 0 Å². The standard InChI is InChI=1S/C21H13NS/c23-16-12-9-15(10-13-16)11-14-17-18-5-1-3-7-20(18)22-21-8-4-2-6-19(17)21/h1-10,12-13,23H. The van der Waals surface area contributed by atoms with Gasteiger partial charge >= 0.3 is 0 Å². The summed E-state index contributed by atoms with van der Waals surface area (Å²) < 4.78 is 0. The van der Waals surface area contributed by atoms with Crippen molar-refractivity contribution in [3.8, 4) is 11.8 Å². The van der Waals surface area contributed by atoms with Crippen molar-refractivity contribution >= 4 is 34.4 Å². The molecule has 4 rings (SSSR count). The average molecular weight is 311 g/mol. The maximum atomic E-state index is 4.73. The molecule has 4 aromatic rings. The fraction of sp³-hybridized carbons (Fsp3) is 0. The van der Waals surface area contributed by atoms with Crippen LogP contribution in [0.15, 0.2) is 77.7 Å². The van der Waals surface area contributed by atoms with Crippen molar-refractivity contribution in [2.75, 3.05) is 0 Å². The largest absolute Gasteiger partial charge is 0.248 e. The van der Waals surface area contributed by atoms with Crippen LogP contribution in [-0.2, 0) is 0 Å². The average Bonchev–Trinajstić information content (AvgIpc) is 2.60. The van der Waals surface area contributed by atoms with Gasteiger partial charge in [-0.15, -0.1) is 12.6 Å². The highest BCUT2D eigenvalue weighted by molar-refractivity contribution is 7.80. The van der Waals surface area contributed by atoms with E-state index in [0.29, 0.717) is 0 Å². The SMILES string of the molecule is Sc1ccc(C#Cc2c3ccccc3nc3ccccc23)cc1. The molecule has 0 N–H and O–H groups in total. The first-order chi connectivity index (χ1) is 11.3. The minimum Gasteiger partial charge on any atom is -0.248 e. The molecule has 0 atom stereocenters. The van der Waals surface area contributed by atoms with Crippen LogP contribution in [0.2, 0.25) is 0 Å². The van der Waals surface area contributed by atoms with E-state index in [4.69, 9.17) is 4.98 Å². The Morgan fingerprint density at radius 3 is 1.83 bits per heavy atom. The second-order valence-electron chi connectivity index (χ2n) is 5.32. The lowest BCUT2D eigenvalue weighted by Gasteiger charge is -2.05. The highest BCUT2D eigenvalue weighted by Crippen LogP contribution is 2.25. The first kappa shape index (κ1) is 13.9. The van der Waals surface area contributed by atoms with E-state index >= 15 is 0 Å². The van der Waals surface area contributed by atoms with Crippen LogP contribution in [0, 0.1) is 11.8 Å². The van der Waals surface area contributed by atoms with Crippen LogP contribution >= 0.6 is 12.6 Å². The molecular weight excluding hydrogens is 298 g/mol. The summed E-state index contributed by atoms with van der Waals surface area (Å²) in [4.78, 5) is 5.67. The van der Waals surface area contributed by atoms with Crippen molar-refractivity contribution in [3.05, 3.63) is 83.9 Å². The predicted octanol–water partition coefficient (Wildman–Crippen LogP) is 5.08. The van der Waals surface area contributed by atoms with Crippen molar-refractivity contribution in [3.63, 3.8) is 0 Å². The molecule has 0 aliphatic carbocycles. The van der Waals surface area contributed by atoms with Gasteiger partial charge in [-0.05, 0) is 36.4 Å². The van der Waals surface area contributed by atoms with Crippen molar-refractivity contribution in [2.24, 2.45) is 0 Å². The molecule has 0 fully saturated rings. The molecule has 0 spiro atoms. The van der Waals surface area contributed by atoms with Gasteiger partial charge in [-0.3, -0.25) is 0 Å². The van der Waals surface area contributed by atoms with E-state index in [1.165, 1.54) is 0 Å². The van der Waals surface area contributed by atoms with Crippen LogP contribution < -0.4 is 0 Å². The Hall–Kier alpha value is -2.76. The van der Waals surface area contributed by atoms with E-state index in [-0.39, 0.29) is 0 Å². The Kier molecular flexibility index (Phi) is 3.49. The number of hydrogen-bond acceptors (Lipinski definition) is 2. The van der Waals surface area contributed by atoms with Crippen LogP contribution in [0.25, 0.3) is 21.8 Å². The monoisotopic (exact) mass is 311 g/mol. The van der Waals surface area contributed by atoms with Crippen LogP contribution in [0.3, 0.4) is 0 Å². The van der Waals surface area contributed by atoms with E-state index in [9.17, 15) is 0 Å². The quantitative estimate of drug-likeness (QED) is 0.271. The van der Waals surface area contributed by atoms with Gasteiger partial charge in [0.25, 0.3) is 0 Å². The van der Waals surface area contributed by atoms with E-state index in [1.54, 1.807) is 0 Å². The number of para-hydroxylation sites is 2. The summed E-state index contributed by atoms with van der Waals surface area (Å²) in [5, 5.41) is 2.18. The van der Waals surface area contributed by atoms with E-state index in [1.807, 2.05) is 60.7 Å². The molecule has 0 unspecified atom stereocenters. The number of benzene rings is 3. The lowest BCUT2D eigenvalue weighted by Crippen LogP contribution is -1.88. The molecule has 0 radical (unpaired) electrons. The number of hydrogen-bond donors (Lipinski definition) is 1. The van der Waals surface area contributed by atoms with Crippen LogP contribution in [0.5, 0.6) is 0 Å². The second-order valence-corrected chi connectivity index (χ2v) is 5.83. The Balaban J connectivity index is 1.98. The van der Waals surface area contributed by atoms with Gasteiger partial charge in [-0.2, -0.15) is 0 Å². The Morgan fingerprint density at radius 1 is 0.652 bits per heavy atom. The number of aromatic nitrogens is 1. The number of nitrogens with zero attached hydrogens (tertiary/aromatic N) is 1. The van der Waals surface area contributed by atoms with Crippen LogP contribution in [0.1, 0.15) is 11.1 Å². The fourth-order valence-electron chi connectivity index (χ4n) is 2.65. The molecule has 1 aromatic heterocycles. The summed E-state index contributed by atoms with van der Waals surface area (Å²) in [6, 6.07) is 24.2. The third-order valence-electron chi connectivity index (χ3n) is 3.79. The molecule has 1 heterocycles. The topological polar surface area (TPSA) is 12.9 Å². The molecule has 0 saturated carbocycles. The van der Waals surface area contributed by atoms with Gasteiger partial charge in [-0.1, -0.05) is 48.2 Å². The number of fused-ring (bicyclic) bond motifs is 2. The fourth-order valence-corrected chi connectivity index (χ4v) is 2.80. The summed E-state index contributed by atoms with van der Waals surface area (Å²) in [6.07, 6.45) is 0. The molecule has 0 saturated heterocycles. The molecule has 1 nitrogen and oxygen atoms in total. The van der Waals surface area contributed by atoms with Gasteiger partial charge in [0.15, 0.2) is 0 Å².